The molecule has 0 amide bonds. The molecule has 11 heavy (non-hydrogen) atoms. The van der Waals surface area contributed by atoms with Gasteiger partial charge in [-0.2, -0.15) is 0 Å². The number of methoxy groups -OCH3 is 1. The van der Waals surface area contributed by atoms with Crippen LogP contribution in [0.1, 0.15) is 13.8 Å². The Balaban J connectivity index is 2.61. The third kappa shape index (κ3) is 1.52. The van der Waals surface area contributed by atoms with Crippen LogP contribution in [0, 0.1) is 6.29 Å². The highest BCUT2D eigenvalue weighted by Crippen LogP contribution is 2.27. The molecule has 63 valence electrons. The van der Waals surface area contributed by atoms with Gasteiger partial charge in [0.05, 0.1) is 13.7 Å². The molecule has 1 aliphatic rings. The summed E-state index contributed by atoms with van der Waals surface area (Å²) in [4.78, 5) is 11.0. The van der Waals surface area contributed by atoms with Crippen molar-refractivity contribution in [3.8, 4) is 0 Å². The lowest BCUT2D eigenvalue weighted by Crippen LogP contribution is -2.38. The zero-order valence-corrected chi connectivity index (χ0v) is 6.84. The molecule has 0 aromatic heterocycles. The maximum Gasteiger partial charge on any atom is 0.340 e. The number of rotatable bonds is 1. The van der Waals surface area contributed by atoms with Crippen LogP contribution in [0.4, 0.5) is 0 Å². The van der Waals surface area contributed by atoms with Crippen LogP contribution in [0.25, 0.3) is 0 Å². The van der Waals surface area contributed by atoms with Crippen molar-refractivity contribution in [3.05, 3.63) is 6.29 Å². The number of carbonyl (C=O) groups excluding carboxylic acids is 1. The van der Waals surface area contributed by atoms with Crippen LogP contribution >= 0.6 is 0 Å². The van der Waals surface area contributed by atoms with Gasteiger partial charge in [-0.25, -0.2) is 4.79 Å². The molecule has 1 atom stereocenters. The minimum atomic E-state index is -0.946. The highest BCUT2D eigenvalue weighted by atomic mass is 16.7. The molecule has 0 aromatic carbocycles. The third-order valence-corrected chi connectivity index (χ3v) is 1.54. The van der Waals surface area contributed by atoms with E-state index in [2.05, 4.69) is 4.74 Å². The maximum atomic E-state index is 11.0. The van der Waals surface area contributed by atoms with Crippen molar-refractivity contribution in [2.24, 2.45) is 0 Å². The number of esters is 1. The van der Waals surface area contributed by atoms with E-state index in [-0.39, 0.29) is 6.61 Å². The van der Waals surface area contributed by atoms with Crippen LogP contribution in [0.3, 0.4) is 0 Å². The maximum absolute atomic E-state index is 11.0. The molecule has 1 radical (unpaired) electrons. The second-order valence-corrected chi connectivity index (χ2v) is 2.60. The first-order valence-corrected chi connectivity index (χ1v) is 3.32. The highest BCUT2D eigenvalue weighted by molar-refractivity contribution is 5.79. The first-order valence-electron chi connectivity index (χ1n) is 3.32. The van der Waals surface area contributed by atoms with E-state index >= 15 is 0 Å². The molecule has 0 aliphatic carbocycles. The summed E-state index contributed by atoms with van der Waals surface area (Å²) in [6.45, 7) is 3.52. The van der Waals surface area contributed by atoms with Gasteiger partial charge in [-0.3, -0.25) is 0 Å². The lowest BCUT2D eigenvalue weighted by molar-refractivity contribution is -0.160. The number of carbonyl (C=O) groups is 1. The highest BCUT2D eigenvalue weighted by Gasteiger charge is 2.43. The van der Waals surface area contributed by atoms with Crippen molar-refractivity contribution < 1.29 is 19.0 Å². The fraction of sp³-hybridized carbons (Fsp3) is 0.714. The van der Waals surface area contributed by atoms with E-state index < -0.39 is 11.6 Å². The summed E-state index contributed by atoms with van der Waals surface area (Å²) in [5.74, 6) is -0.408. The van der Waals surface area contributed by atoms with Crippen molar-refractivity contribution in [1.82, 2.24) is 0 Å². The van der Waals surface area contributed by atoms with Crippen molar-refractivity contribution in [2.45, 2.75) is 19.4 Å². The lowest BCUT2D eigenvalue weighted by Gasteiger charge is -2.17. The van der Waals surface area contributed by atoms with E-state index in [1.807, 2.05) is 0 Å². The van der Waals surface area contributed by atoms with Gasteiger partial charge < -0.3 is 14.2 Å². The monoisotopic (exact) mass is 159 g/mol. The molecule has 1 unspecified atom stereocenters. The smallest absolute Gasteiger partial charge is 0.340 e. The van der Waals surface area contributed by atoms with E-state index in [0.717, 1.165) is 0 Å². The fourth-order valence-corrected chi connectivity index (χ4v) is 0.932. The Hall–Kier alpha value is -0.610. The van der Waals surface area contributed by atoms with Gasteiger partial charge in [0, 0.05) is 0 Å². The molecule has 0 aromatic rings. The van der Waals surface area contributed by atoms with Gasteiger partial charge in [0.1, 0.15) is 0 Å². The second-order valence-electron chi connectivity index (χ2n) is 2.60. The molecule has 0 N–H and O–H groups in total. The van der Waals surface area contributed by atoms with E-state index in [1.54, 1.807) is 13.8 Å². The number of hydrogen-bond acceptors (Lipinski definition) is 4. The normalized spacial score (nSPS) is 32.3. The molecule has 1 rings (SSSR count). The quantitative estimate of drug-likeness (QED) is 0.522. The summed E-state index contributed by atoms with van der Waals surface area (Å²) in [5.41, 5.74) is -0.946. The van der Waals surface area contributed by atoms with Crippen LogP contribution < -0.4 is 0 Å². The number of hydrogen-bond donors (Lipinski definition) is 0. The van der Waals surface area contributed by atoms with Gasteiger partial charge >= 0.3 is 5.97 Å². The third-order valence-electron chi connectivity index (χ3n) is 1.54. The van der Waals surface area contributed by atoms with E-state index in [0.29, 0.717) is 6.29 Å². The molecule has 0 spiro atoms. The molecule has 1 saturated heterocycles. The van der Waals surface area contributed by atoms with Gasteiger partial charge in [-0.1, -0.05) is 0 Å². The topological polar surface area (TPSA) is 44.8 Å². The molecule has 1 heterocycles. The Labute approximate surface area is 65.4 Å². The van der Waals surface area contributed by atoms with E-state index in [1.165, 1.54) is 7.11 Å². The van der Waals surface area contributed by atoms with Crippen molar-refractivity contribution >= 4 is 5.97 Å². The average molecular weight is 159 g/mol. The van der Waals surface area contributed by atoms with Gasteiger partial charge in [0.15, 0.2) is 5.60 Å². The summed E-state index contributed by atoms with van der Waals surface area (Å²) >= 11 is 0. The minimum Gasteiger partial charge on any atom is -0.467 e. The molecule has 0 bridgehead atoms. The van der Waals surface area contributed by atoms with Gasteiger partial charge in [-0.15, -0.1) is 0 Å². The average Bonchev–Trinajstić information content (AvgIpc) is 2.31. The fourth-order valence-electron chi connectivity index (χ4n) is 0.932. The van der Waals surface area contributed by atoms with E-state index in [9.17, 15) is 4.79 Å². The predicted molar refractivity (Wildman–Crippen MR) is 36.4 cm³/mol. The largest absolute Gasteiger partial charge is 0.467 e. The molecule has 0 saturated carbocycles. The second kappa shape index (κ2) is 2.79. The van der Waals surface area contributed by atoms with Crippen LogP contribution in [-0.2, 0) is 19.0 Å². The lowest BCUT2D eigenvalue weighted by atomic mass is 10.1. The summed E-state index contributed by atoms with van der Waals surface area (Å²) < 4.78 is 14.6. The summed E-state index contributed by atoms with van der Waals surface area (Å²) in [6, 6.07) is 0. The standard InChI is InChI=1S/C7H11O4/c1-5-10-4-7(2,11-5)6(8)9-3/h4H2,1-3H3. The Morgan fingerprint density at radius 2 is 2.36 bits per heavy atom. The summed E-state index contributed by atoms with van der Waals surface area (Å²) in [6.07, 6.45) is 0.415. The van der Waals surface area contributed by atoms with Gasteiger partial charge in [0.25, 0.3) is 0 Å². The molecule has 1 aliphatic heterocycles. The number of ether oxygens (including phenoxy) is 3. The summed E-state index contributed by atoms with van der Waals surface area (Å²) in [7, 11) is 1.32. The van der Waals surface area contributed by atoms with Crippen LogP contribution in [0.5, 0.6) is 0 Å². The molecular weight excluding hydrogens is 148 g/mol. The molecular formula is C7H11O4. The Bertz CT molecular complexity index is 168. The Morgan fingerprint density at radius 3 is 2.73 bits per heavy atom. The molecule has 1 fully saturated rings. The van der Waals surface area contributed by atoms with Crippen molar-refractivity contribution in [1.29, 1.82) is 0 Å². The SMILES string of the molecule is COC(=O)C1(C)CO[C](C)O1. The predicted octanol–water partition coefficient (Wildman–Crippen LogP) is 0.474. The van der Waals surface area contributed by atoms with Crippen LogP contribution in [0.15, 0.2) is 0 Å². The molecule has 4 nitrogen and oxygen atoms in total. The van der Waals surface area contributed by atoms with Crippen molar-refractivity contribution in [3.63, 3.8) is 0 Å². The minimum absolute atomic E-state index is 0.228. The van der Waals surface area contributed by atoms with Crippen LogP contribution in [0.2, 0.25) is 0 Å². The van der Waals surface area contributed by atoms with Crippen molar-refractivity contribution in [2.75, 3.05) is 13.7 Å². The Kier molecular flexibility index (Phi) is 2.15. The zero-order chi connectivity index (χ0) is 8.48. The summed E-state index contributed by atoms with van der Waals surface area (Å²) in [5, 5.41) is 0. The first kappa shape index (κ1) is 8.49. The zero-order valence-electron chi connectivity index (χ0n) is 6.84. The van der Waals surface area contributed by atoms with E-state index in [4.69, 9.17) is 9.47 Å². The Morgan fingerprint density at radius 1 is 1.73 bits per heavy atom. The van der Waals surface area contributed by atoms with Gasteiger partial charge in [-0.05, 0) is 13.8 Å². The molecule has 4 heteroatoms. The first-order chi connectivity index (χ1) is 5.08. The van der Waals surface area contributed by atoms with Crippen LogP contribution in [-0.4, -0.2) is 25.3 Å². The van der Waals surface area contributed by atoms with Gasteiger partial charge in [0.2, 0.25) is 6.29 Å².